The third-order valence-electron chi connectivity index (χ3n) is 2.57. The van der Waals surface area contributed by atoms with Crippen LogP contribution in [0.25, 0.3) is 0 Å². The van der Waals surface area contributed by atoms with Crippen LogP contribution in [0.5, 0.6) is 0 Å². The molecule has 0 saturated carbocycles. The standard InChI is InChI=1S/C15H25N3OS/c1-2-19-12-6-10-17-15(16)18-11-7-13-20-14-8-4-3-5-9-14/h3-5,8-9H,2,6-7,10-13H2,1H3,(H3,16,17,18). The van der Waals surface area contributed by atoms with Crippen LogP contribution < -0.4 is 11.1 Å². The molecule has 3 N–H and O–H groups in total. The minimum Gasteiger partial charge on any atom is -0.382 e. The van der Waals surface area contributed by atoms with Crippen LogP contribution in [0.1, 0.15) is 19.8 Å². The highest BCUT2D eigenvalue weighted by atomic mass is 32.2. The molecule has 20 heavy (non-hydrogen) atoms. The molecular weight excluding hydrogens is 270 g/mol. The Labute approximate surface area is 126 Å². The van der Waals surface area contributed by atoms with Crippen molar-refractivity contribution in [3.63, 3.8) is 0 Å². The van der Waals surface area contributed by atoms with E-state index in [2.05, 4.69) is 34.6 Å². The van der Waals surface area contributed by atoms with E-state index in [-0.39, 0.29) is 0 Å². The molecule has 5 heteroatoms. The molecule has 1 rings (SSSR count). The lowest BCUT2D eigenvalue weighted by molar-refractivity contribution is 0.145. The monoisotopic (exact) mass is 295 g/mol. The molecule has 4 nitrogen and oxygen atoms in total. The molecule has 0 aliphatic rings. The molecule has 0 amide bonds. The minimum absolute atomic E-state index is 0.534. The first-order valence-electron chi connectivity index (χ1n) is 7.12. The first-order valence-corrected chi connectivity index (χ1v) is 8.11. The van der Waals surface area contributed by atoms with Crippen LogP contribution >= 0.6 is 11.8 Å². The van der Waals surface area contributed by atoms with E-state index in [1.54, 1.807) is 0 Å². The zero-order valence-corrected chi connectivity index (χ0v) is 13.0. The molecule has 1 aromatic carbocycles. The topological polar surface area (TPSA) is 59.6 Å². The minimum atomic E-state index is 0.534. The van der Waals surface area contributed by atoms with Crippen molar-refractivity contribution in [1.82, 2.24) is 5.32 Å². The third-order valence-corrected chi connectivity index (χ3v) is 3.67. The summed E-state index contributed by atoms with van der Waals surface area (Å²) in [5.41, 5.74) is 5.77. The number of nitrogens with zero attached hydrogens (tertiary/aromatic N) is 1. The molecular formula is C15H25N3OS. The van der Waals surface area contributed by atoms with Crippen molar-refractivity contribution in [1.29, 1.82) is 0 Å². The number of nitrogens with two attached hydrogens (primary N) is 1. The fourth-order valence-corrected chi connectivity index (χ4v) is 2.42. The Morgan fingerprint density at radius 3 is 2.85 bits per heavy atom. The fraction of sp³-hybridized carbons (Fsp3) is 0.533. The van der Waals surface area contributed by atoms with Crippen molar-refractivity contribution in [2.24, 2.45) is 10.7 Å². The van der Waals surface area contributed by atoms with Gasteiger partial charge in [-0.15, -0.1) is 11.8 Å². The van der Waals surface area contributed by atoms with Crippen molar-refractivity contribution >= 4 is 17.7 Å². The summed E-state index contributed by atoms with van der Waals surface area (Å²) < 4.78 is 5.25. The summed E-state index contributed by atoms with van der Waals surface area (Å²) in [5, 5.41) is 3.09. The van der Waals surface area contributed by atoms with E-state index in [0.29, 0.717) is 5.96 Å². The van der Waals surface area contributed by atoms with E-state index in [9.17, 15) is 0 Å². The van der Waals surface area contributed by atoms with Crippen molar-refractivity contribution in [3.8, 4) is 0 Å². The van der Waals surface area contributed by atoms with Gasteiger partial charge in [-0.1, -0.05) is 18.2 Å². The summed E-state index contributed by atoms with van der Waals surface area (Å²) >= 11 is 1.85. The number of aliphatic imine (C=N–C) groups is 1. The van der Waals surface area contributed by atoms with E-state index < -0.39 is 0 Å². The largest absolute Gasteiger partial charge is 0.382 e. The Kier molecular flexibility index (Phi) is 9.79. The molecule has 0 aromatic heterocycles. The van der Waals surface area contributed by atoms with Crippen molar-refractivity contribution < 1.29 is 4.74 Å². The molecule has 0 unspecified atom stereocenters. The van der Waals surface area contributed by atoms with Gasteiger partial charge in [-0.3, -0.25) is 4.99 Å². The van der Waals surface area contributed by atoms with Gasteiger partial charge in [0, 0.05) is 31.2 Å². The van der Waals surface area contributed by atoms with E-state index in [1.807, 2.05) is 24.8 Å². The van der Waals surface area contributed by atoms with Crippen LogP contribution in [0.15, 0.2) is 40.2 Å². The number of ether oxygens (including phenoxy) is 1. The number of nitrogens with one attached hydrogen (secondary N) is 1. The normalized spacial score (nSPS) is 11.6. The predicted molar refractivity (Wildman–Crippen MR) is 87.4 cm³/mol. The van der Waals surface area contributed by atoms with Gasteiger partial charge in [0.2, 0.25) is 0 Å². The van der Waals surface area contributed by atoms with E-state index in [4.69, 9.17) is 10.5 Å². The van der Waals surface area contributed by atoms with Gasteiger partial charge in [0.25, 0.3) is 0 Å². The molecule has 1 aromatic rings. The van der Waals surface area contributed by atoms with E-state index in [0.717, 1.165) is 44.9 Å². The van der Waals surface area contributed by atoms with Crippen molar-refractivity contribution in [3.05, 3.63) is 30.3 Å². The summed E-state index contributed by atoms with van der Waals surface area (Å²) in [6.07, 6.45) is 1.98. The molecule has 0 aliphatic carbocycles. The number of benzene rings is 1. The second kappa shape index (κ2) is 11.6. The fourth-order valence-electron chi connectivity index (χ4n) is 1.56. The number of thioether (sulfide) groups is 1. The summed E-state index contributed by atoms with van der Waals surface area (Å²) in [7, 11) is 0. The Hall–Kier alpha value is -1.20. The number of guanidine groups is 1. The molecule has 0 fully saturated rings. The Morgan fingerprint density at radius 1 is 1.30 bits per heavy atom. The van der Waals surface area contributed by atoms with Crippen molar-refractivity contribution in [2.45, 2.75) is 24.7 Å². The molecule has 0 spiro atoms. The van der Waals surface area contributed by atoms with Gasteiger partial charge in [0.1, 0.15) is 0 Å². The number of hydrogen-bond acceptors (Lipinski definition) is 3. The van der Waals surface area contributed by atoms with Crippen LogP contribution in [-0.2, 0) is 4.74 Å². The first kappa shape index (κ1) is 16.9. The highest BCUT2D eigenvalue weighted by Crippen LogP contribution is 2.17. The molecule has 112 valence electrons. The lowest BCUT2D eigenvalue weighted by Gasteiger charge is -2.05. The summed E-state index contributed by atoms with van der Waals surface area (Å²) in [6.45, 7) is 5.11. The molecule has 0 atom stereocenters. The molecule has 0 radical (unpaired) electrons. The molecule has 0 saturated heterocycles. The van der Waals surface area contributed by atoms with Gasteiger partial charge in [-0.05, 0) is 37.7 Å². The maximum absolute atomic E-state index is 5.77. The van der Waals surface area contributed by atoms with Gasteiger partial charge in [-0.25, -0.2) is 0 Å². The van der Waals surface area contributed by atoms with Crippen LogP contribution in [0.2, 0.25) is 0 Å². The quantitative estimate of drug-likeness (QED) is 0.301. The SMILES string of the molecule is CCOCCCNC(N)=NCCCSc1ccccc1. The zero-order chi connectivity index (χ0) is 14.5. The zero-order valence-electron chi connectivity index (χ0n) is 12.2. The highest BCUT2D eigenvalue weighted by Gasteiger charge is 1.94. The van der Waals surface area contributed by atoms with Gasteiger partial charge >= 0.3 is 0 Å². The van der Waals surface area contributed by atoms with Crippen LogP contribution in [-0.4, -0.2) is 38.0 Å². The maximum atomic E-state index is 5.77. The second-order valence-electron chi connectivity index (χ2n) is 4.26. The predicted octanol–water partition coefficient (Wildman–Crippen LogP) is 2.50. The van der Waals surface area contributed by atoms with Crippen LogP contribution in [0, 0.1) is 0 Å². The summed E-state index contributed by atoms with van der Waals surface area (Å²) in [5.74, 6) is 1.59. The highest BCUT2D eigenvalue weighted by molar-refractivity contribution is 7.99. The average Bonchev–Trinajstić information content (AvgIpc) is 2.48. The number of hydrogen-bond donors (Lipinski definition) is 2. The molecule has 0 aliphatic heterocycles. The second-order valence-corrected chi connectivity index (χ2v) is 5.43. The average molecular weight is 295 g/mol. The van der Waals surface area contributed by atoms with Crippen molar-refractivity contribution in [2.75, 3.05) is 32.1 Å². The lowest BCUT2D eigenvalue weighted by Crippen LogP contribution is -2.33. The van der Waals surface area contributed by atoms with E-state index >= 15 is 0 Å². The van der Waals surface area contributed by atoms with E-state index in [1.165, 1.54) is 4.90 Å². The van der Waals surface area contributed by atoms with Gasteiger partial charge in [0.05, 0.1) is 0 Å². The van der Waals surface area contributed by atoms with Gasteiger partial charge in [-0.2, -0.15) is 0 Å². The van der Waals surface area contributed by atoms with Gasteiger partial charge in [0.15, 0.2) is 5.96 Å². The third kappa shape index (κ3) is 8.82. The lowest BCUT2D eigenvalue weighted by atomic mass is 10.4. The van der Waals surface area contributed by atoms with Crippen LogP contribution in [0.4, 0.5) is 0 Å². The first-order chi connectivity index (χ1) is 9.83. The summed E-state index contributed by atoms with van der Waals surface area (Å²) in [6, 6.07) is 10.4. The summed E-state index contributed by atoms with van der Waals surface area (Å²) in [4.78, 5) is 5.61. The number of rotatable bonds is 10. The molecule has 0 heterocycles. The molecule has 0 bridgehead atoms. The maximum Gasteiger partial charge on any atom is 0.188 e. The Balaban J connectivity index is 2.00. The van der Waals surface area contributed by atoms with Gasteiger partial charge < -0.3 is 15.8 Å². The smallest absolute Gasteiger partial charge is 0.188 e. The Bertz CT molecular complexity index is 371. The Morgan fingerprint density at radius 2 is 2.10 bits per heavy atom. The van der Waals surface area contributed by atoms with Crippen LogP contribution in [0.3, 0.4) is 0 Å².